The zero-order chi connectivity index (χ0) is 20.4. The van der Waals surface area contributed by atoms with Gasteiger partial charge in [0, 0.05) is 11.1 Å². The number of aromatic nitrogens is 2. The van der Waals surface area contributed by atoms with Crippen molar-refractivity contribution in [1.82, 2.24) is 9.97 Å². The summed E-state index contributed by atoms with van der Waals surface area (Å²) < 4.78 is 16.4. The first-order chi connectivity index (χ1) is 14.2. The molecule has 0 fully saturated rings. The molecule has 1 heterocycles. The van der Waals surface area contributed by atoms with Crippen molar-refractivity contribution in [2.75, 3.05) is 21.3 Å². The van der Waals surface area contributed by atoms with Crippen molar-refractivity contribution in [3.05, 3.63) is 60.2 Å². The molecule has 0 saturated carbocycles. The quantitative estimate of drug-likeness (QED) is 0.534. The molecule has 4 rings (SSSR count). The molecule has 4 aromatic rings. The van der Waals surface area contributed by atoms with E-state index in [9.17, 15) is 0 Å². The topological polar surface area (TPSA) is 80.2 Å². The maximum atomic E-state index is 9.17. The van der Waals surface area contributed by atoms with E-state index in [1.807, 2.05) is 48.5 Å². The maximum absolute atomic E-state index is 9.17. The number of aromatic amines is 1. The average Bonchev–Trinajstić information content (AvgIpc) is 3.22. The lowest BCUT2D eigenvalue weighted by Crippen LogP contribution is -1.96. The largest absolute Gasteiger partial charge is 0.493 e. The predicted molar refractivity (Wildman–Crippen MR) is 111 cm³/mol. The summed E-state index contributed by atoms with van der Waals surface area (Å²) in [4.78, 5) is 8.16. The van der Waals surface area contributed by atoms with Gasteiger partial charge in [-0.3, -0.25) is 0 Å². The Labute approximate surface area is 168 Å². The Morgan fingerprint density at radius 3 is 2.24 bits per heavy atom. The molecule has 1 N–H and O–H groups in total. The van der Waals surface area contributed by atoms with Crippen LogP contribution < -0.4 is 14.2 Å². The predicted octanol–water partition coefficient (Wildman–Crippen LogP) is 4.79. The van der Waals surface area contributed by atoms with E-state index in [0.717, 1.165) is 27.7 Å². The third kappa shape index (κ3) is 3.23. The maximum Gasteiger partial charge on any atom is 0.203 e. The van der Waals surface area contributed by atoms with E-state index >= 15 is 0 Å². The van der Waals surface area contributed by atoms with Crippen molar-refractivity contribution in [2.45, 2.75) is 0 Å². The smallest absolute Gasteiger partial charge is 0.203 e. The first kappa shape index (κ1) is 18.4. The molecule has 0 amide bonds. The Hall–Kier alpha value is -3.98. The van der Waals surface area contributed by atoms with Crippen LogP contribution in [0, 0.1) is 11.3 Å². The molecule has 0 atom stereocenters. The molecule has 6 nitrogen and oxygen atoms in total. The van der Waals surface area contributed by atoms with Crippen molar-refractivity contribution in [1.29, 1.82) is 5.26 Å². The van der Waals surface area contributed by atoms with Gasteiger partial charge in [-0.2, -0.15) is 5.26 Å². The molecule has 0 aliphatic heterocycles. The molecule has 0 aliphatic carbocycles. The molecule has 0 unspecified atom stereocenters. The van der Waals surface area contributed by atoms with Crippen LogP contribution in [0.15, 0.2) is 54.6 Å². The lowest BCUT2D eigenvalue weighted by atomic mass is 10.0. The van der Waals surface area contributed by atoms with E-state index in [4.69, 9.17) is 24.5 Å². The van der Waals surface area contributed by atoms with E-state index in [1.54, 1.807) is 27.4 Å². The molecule has 6 heteroatoms. The van der Waals surface area contributed by atoms with Gasteiger partial charge in [0.15, 0.2) is 11.5 Å². The molecule has 0 radical (unpaired) electrons. The summed E-state index contributed by atoms with van der Waals surface area (Å²) in [7, 11) is 4.77. The summed E-state index contributed by atoms with van der Waals surface area (Å²) in [6.45, 7) is 0. The summed E-state index contributed by atoms with van der Waals surface area (Å²) in [5.41, 5.74) is 4.99. The van der Waals surface area contributed by atoms with Crippen LogP contribution in [0.1, 0.15) is 5.56 Å². The molecule has 0 bridgehead atoms. The van der Waals surface area contributed by atoms with Crippen LogP contribution in [0.25, 0.3) is 33.5 Å². The Morgan fingerprint density at radius 2 is 1.59 bits per heavy atom. The standard InChI is InChI=1S/C23H19N3O3/c1-27-19-11-16(12-20(28-2)22(19)29-3)17-8-5-9-18-21(17)26-23(25-18)15-7-4-6-14(10-15)13-24/h4-12H,1-3H3,(H,25,26). The van der Waals surface area contributed by atoms with Gasteiger partial charge in [0.1, 0.15) is 5.82 Å². The minimum Gasteiger partial charge on any atom is -0.493 e. The van der Waals surface area contributed by atoms with Crippen LogP contribution in [0.3, 0.4) is 0 Å². The number of rotatable bonds is 5. The number of nitrogens with one attached hydrogen (secondary N) is 1. The van der Waals surface area contributed by atoms with Gasteiger partial charge in [-0.15, -0.1) is 0 Å². The second-order valence-corrected chi connectivity index (χ2v) is 6.39. The van der Waals surface area contributed by atoms with Crippen molar-refractivity contribution >= 4 is 11.0 Å². The highest BCUT2D eigenvalue weighted by Gasteiger charge is 2.17. The van der Waals surface area contributed by atoms with Crippen molar-refractivity contribution < 1.29 is 14.2 Å². The van der Waals surface area contributed by atoms with Crippen molar-refractivity contribution in [2.24, 2.45) is 0 Å². The Morgan fingerprint density at radius 1 is 0.862 bits per heavy atom. The number of hydrogen-bond acceptors (Lipinski definition) is 5. The third-order valence-corrected chi connectivity index (χ3v) is 4.75. The van der Waals surface area contributed by atoms with Gasteiger partial charge in [-0.25, -0.2) is 4.98 Å². The summed E-state index contributed by atoms with van der Waals surface area (Å²) in [6, 6.07) is 19.3. The zero-order valence-electron chi connectivity index (χ0n) is 16.3. The number of benzene rings is 3. The van der Waals surface area contributed by atoms with E-state index < -0.39 is 0 Å². The van der Waals surface area contributed by atoms with Crippen LogP contribution in [0.2, 0.25) is 0 Å². The molecular weight excluding hydrogens is 366 g/mol. The molecule has 3 aromatic carbocycles. The van der Waals surface area contributed by atoms with Crippen molar-refractivity contribution in [3.63, 3.8) is 0 Å². The lowest BCUT2D eigenvalue weighted by Gasteiger charge is -2.14. The highest BCUT2D eigenvalue weighted by Crippen LogP contribution is 2.42. The van der Waals surface area contributed by atoms with E-state index in [0.29, 0.717) is 28.6 Å². The van der Waals surface area contributed by atoms with Crippen LogP contribution >= 0.6 is 0 Å². The highest BCUT2D eigenvalue weighted by molar-refractivity contribution is 5.94. The number of para-hydroxylation sites is 1. The monoisotopic (exact) mass is 385 g/mol. The highest BCUT2D eigenvalue weighted by atomic mass is 16.5. The number of ether oxygens (including phenoxy) is 3. The lowest BCUT2D eigenvalue weighted by molar-refractivity contribution is 0.324. The summed E-state index contributed by atoms with van der Waals surface area (Å²) in [5, 5.41) is 9.17. The Bertz CT molecular complexity index is 1210. The normalized spacial score (nSPS) is 10.6. The molecule has 1 aromatic heterocycles. The minimum atomic E-state index is 0.543. The summed E-state index contributed by atoms with van der Waals surface area (Å²) >= 11 is 0. The number of fused-ring (bicyclic) bond motifs is 1. The number of hydrogen-bond donors (Lipinski definition) is 1. The van der Waals surface area contributed by atoms with Crippen LogP contribution in [-0.4, -0.2) is 31.3 Å². The van der Waals surface area contributed by atoms with E-state index in [2.05, 4.69) is 11.1 Å². The number of methoxy groups -OCH3 is 3. The Balaban J connectivity index is 1.89. The molecular formula is C23H19N3O3. The molecule has 0 saturated heterocycles. The fourth-order valence-corrected chi connectivity index (χ4v) is 3.37. The minimum absolute atomic E-state index is 0.543. The average molecular weight is 385 g/mol. The molecule has 29 heavy (non-hydrogen) atoms. The van der Waals surface area contributed by atoms with E-state index in [-0.39, 0.29) is 0 Å². The van der Waals surface area contributed by atoms with Gasteiger partial charge in [-0.1, -0.05) is 24.3 Å². The fourth-order valence-electron chi connectivity index (χ4n) is 3.37. The second kappa shape index (κ2) is 7.56. The fraction of sp³-hybridized carbons (Fsp3) is 0.130. The van der Waals surface area contributed by atoms with E-state index in [1.165, 1.54) is 0 Å². The molecule has 0 spiro atoms. The first-order valence-corrected chi connectivity index (χ1v) is 8.98. The number of nitrogens with zero attached hydrogens (tertiary/aromatic N) is 2. The summed E-state index contributed by atoms with van der Waals surface area (Å²) in [5.74, 6) is 2.41. The first-order valence-electron chi connectivity index (χ1n) is 8.98. The molecule has 0 aliphatic rings. The second-order valence-electron chi connectivity index (χ2n) is 6.39. The summed E-state index contributed by atoms with van der Waals surface area (Å²) in [6.07, 6.45) is 0. The van der Waals surface area contributed by atoms with Crippen molar-refractivity contribution in [3.8, 4) is 45.8 Å². The van der Waals surface area contributed by atoms with Gasteiger partial charge in [0.05, 0.1) is 44.0 Å². The van der Waals surface area contributed by atoms with Crippen LogP contribution in [0.4, 0.5) is 0 Å². The number of H-pyrrole nitrogens is 1. The van der Waals surface area contributed by atoms with Gasteiger partial charge < -0.3 is 19.2 Å². The zero-order valence-corrected chi connectivity index (χ0v) is 16.3. The van der Waals surface area contributed by atoms with Crippen LogP contribution in [0.5, 0.6) is 17.2 Å². The molecule has 144 valence electrons. The van der Waals surface area contributed by atoms with Gasteiger partial charge >= 0.3 is 0 Å². The Kier molecular flexibility index (Phi) is 4.80. The van der Waals surface area contributed by atoms with Crippen LogP contribution in [-0.2, 0) is 0 Å². The third-order valence-electron chi connectivity index (χ3n) is 4.75. The van der Waals surface area contributed by atoms with Gasteiger partial charge in [-0.05, 0) is 35.9 Å². The van der Waals surface area contributed by atoms with Gasteiger partial charge in [0.25, 0.3) is 0 Å². The SMILES string of the molecule is COc1cc(-c2cccc3[nH]c(-c4cccc(C#N)c4)nc23)cc(OC)c1OC. The number of imidazole rings is 1. The van der Waals surface area contributed by atoms with Gasteiger partial charge in [0.2, 0.25) is 5.75 Å². The number of nitriles is 1.